The third-order valence-electron chi connectivity index (χ3n) is 4.90. The Bertz CT molecular complexity index is 682. The van der Waals surface area contributed by atoms with Gasteiger partial charge in [0.05, 0.1) is 12.2 Å². The molecule has 0 saturated carbocycles. The van der Waals surface area contributed by atoms with Gasteiger partial charge in [0, 0.05) is 37.3 Å². The number of nitrogens with zero attached hydrogens (tertiary/aromatic N) is 2. The van der Waals surface area contributed by atoms with E-state index >= 15 is 0 Å². The van der Waals surface area contributed by atoms with Crippen molar-refractivity contribution in [1.82, 2.24) is 20.4 Å². The topological polar surface area (TPSA) is 59.0 Å². The van der Waals surface area contributed by atoms with Crippen LogP contribution in [0.4, 0.5) is 0 Å². The van der Waals surface area contributed by atoms with Gasteiger partial charge in [-0.3, -0.25) is 9.48 Å². The van der Waals surface area contributed by atoms with Gasteiger partial charge in [0.15, 0.2) is 0 Å². The van der Waals surface area contributed by atoms with Gasteiger partial charge < -0.3 is 10.6 Å². The fourth-order valence-electron chi connectivity index (χ4n) is 3.69. The Morgan fingerprint density at radius 1 is 1.36 bits per heavy atom. The maximum absolute atomic E-state index is 11.9. The van der Waals surface area contributed by atoms with Crippen molar-refractivity contribution < 1.29 is 4.79 Å². The highest BCUT2D eigenvalue weighted by atomic mass is 16.1. The first-order valence-corrected chi connectivity index (χ1v) is 9.23. The van der Waals surface area contributed by atoms with Gasteiger partial charge in [0.25, 0.3) is 0 Å². The molecule has 1 amide bonds. The number of aryl methyl sites for hydroxylation is 1. The quantitative estimate of drug-likeness (QED) is 0.815. The molecule has 1 fully saturated rings. The van der Waals surface area contributed by atoms with Crippen LogP contribution in [0.3, 0.4) is 0 Å². The van der Waals surface area contributed by atoms with Crippen molar-refractivity contribution in [3.05, 3.63) is 53.9 Å². The number of piperidine rings is 1. The van der Waals surface area contributed by atoms with E-state index < -0.39 is 0 Å². The predicted molar refractivity (Wildman–Crippen MR) is 99.1 cm³/mol. The molecule has 3 rings (SSSR count). The molecule has 25 heavy (non-hydrogen) atoms. The fraction of sp³-hybridized carbons (Fsp3) is 0.500. The first kappa shape index (κ1) is 17.7. The minimum Gasteiger partial charge on any atom is -0.348 e. The Morgan fingerprint density at radius 3 is 2.84 bits per heavy atom. The molecule has 1 aromatic carbocycles. The number of carbonyl (C=O) groups excluding carboxylic acids is 1. The van der Waals surface area contributed by atoms with Crippen LogP contribution in [0.1, 0.15) is 49.8 Å². The summed E-state index contributed by atoms with van der Waals surface area (Å²) < 4.78 is 1.79. The molecule has 1 aromatic heterocycles. The van der Waals surface area contributed by atoms with Gasteiger partial charge in [-0.25, -0.2) is 0 Å². The molecule has 1 aliphatic heterocycles. The lowest BCUT2D eigenvalue weighted by Crippen LogP contribution is -2.51. The number of hydrogen-bond donors (Lipinski definition) is 2. The summed E-state index contributed by atoms with van der Waals surface area (Å²) in [4.78, 5) is 11.9. The number of carbonyl (C=O) groups is 1. The summed E-state index contributed by atoms with van der Waals surface area (Å²) in [5.74, 6) is 0.127. The van der Waals surface area contributed by atoms with Crippen LogP contribution in [-0.4, -0.2) is 27.8 Å². The summed E-state index contributed by atoms with van der Waals surface area (Å²) in [6.07, 6.45) is 8.58. The fourth-order valence-corrected chi connectivity index (χ4v) is 3.69. The number of rotatable bonds is 7. The summed E-state index contributed by atoms with van der Waals surface area (Å²) in [6.45, 7) is 2.22. The smallest absolute Gasteiger partial charge is 0.220 e. The molecule has 2 N–H and O–H groups in total. The van der Waals surface area contributed by atoms with E-state index in [-0.39, 0.29) is 18.0 Å². The Hall–Kier alpha value is -2.14. The van der Waals surface area contributed by atoms with Crippen molar-refractivity contribution in [2.45, 2.75) is 57.2 Å². The van der Waals surface area contributed by atoms with E-state index in [1.165, 1.54) is 5.56 Å². The molecule has 0 bridgehead atoms. The Kier molecular flexibility index (Phi) is 5.87. The molecular formula is C20H28N4O. The van der Waals surface area contributed by atoms with Crippen LogP contribution in [0.25, 0.3) is 0 Å². The predicted octanol–water partition coefficient (Wildman–Crippen LogP) is 2.74. The maximum atomic E-state index is 11.9. The zero-order valence-corrected chi connectivity index (χ0v) is 15.1. The second kappa shape index (κ2) is 8.30. The minimum absolute atomic E-state index is 0.00919. The summed E-state index contributed by atoms with van der Waals surface area (Å²) >= 11 is 0. The second-order valence-electron chi connectivity index (χ2n) is 6.98. The first-order chi connectivity index (χ1) is 12.2. The molecule has 134 valence electrons. The summed E-state index contributed by atoms with van der Waals surface area (Å²) in [5.41, 5.74) is 2.43. The molecular weight excluding hydrogens is 312 g/mol. The van der Waals surface area contributed by atoms with Gasteiger partial charge >= 0.3 is 0 Å². The molecule has 0 spiro atoms. The third-order valence-corrected chi connectivity index (χ3v) is 4.90. The zero-order chi connectivity index (χ0) is 17.6. The van der Waals surface area contributed by atoms with Crippen LogP contribution < -0.4 is 10.6 Å². The largest absolute Gasteiger partial charge is 0.348 e. The molecule has 5 nitrogen and oxygen atoms in total. The lowest BCUT2D eigenvalue weighted by atomic mass is 9.91. The molecule has 2 heterocycles. The van der Waals surface area contributed by atoms with E-state index in [0.29, 0.717) is 12.5 Å². The average molecular weight is 340 g/mol. The number of aromatic nitrogens is 2. The Labute approximate surface area is 149 Å². The molecule has 0 radical (unpaired) electrons. The van der Waals surface area contributed by atoms with Crippen molar-refractivity contribution in [2.75, 3.05) is 0 Å². The van der Waals surface area contributed by atoms with Crippen LogP contribution in [0, 0.1) is 0 Å². The van der Waals surface area contributed by atoms with Crippen molar-refractivity contribution in [2.24, 2.45) is 7.05 Å². The van der Waals surface area contributed by atoms with Gasteiger partial charge in [-0.1, -0.05) is 43.7 Å². The van der Waals surface area contributed by atoms with Crippen LogP contribution in [0.15, 0.2) is 42.7 Å². The summed E-state index contributed by atoms with van der Waals surface area (Å²) in [7, 11) is 1.91. The lowest BCUT2D eigenvalue weighted by Gasteiger charge is -2.35. The molecule has 0 unspecified atom stereocenters. The van der Waals surface area contributed by atoms with Crippen molar-refractivity contribution in [3.8, 4) is 0 Å². The molecule has 2 aromatic rings. The SMILES string of the molecule is CCC[C@@H](Cc1ccccc1)N[C@@H]1CCC(=O)N[C@H]1c1cnn(C)c1. The second-order valence-corrected chi connectivity index (χ2v) is 6.98. The number of nitrogens with one attached hydrogen (secondary N) is 2. The van der Waals surface area contributed by atoms with E-state index in [1.807, 2.05) is 19.4 Å². The van der Waals surface area contributed by atoms with Crippen LogP contribution >= 0.6 is 0 Å². The van der Waals surface area contributed by atoms with Crippen molar-refractivity contribution in [1.29, 1.82) is 0 Å². The number of benzene rings is 1. The maximum Gasteiger partial charge on any atom is 0.220 e. The lowest BCUT2D eigenvalue weighted by molar-refractivity contribution is -0.124. The van der Waals surface area contributed by atoms with Gasteiger partial charge in [0.2, 0.25) is 5.91 Å². The third kappa shape index (κ3) is 4.69. The number of hydrogen-bond acceptors (Lipinski definition) is 3. The Balaban J connectivity index is 1.73. The summed E-state index contributed by atoms with van der Waals surface area (Å²) in [6, 6.07) is 11.3. The number of amides is 1. The van der Waals surface area contributed by atoms with E-state index in [4.69, 9.17) is 0 Å². The monoisotopic (exact) mass is 340 g/mol. The van der Waals surface area contributed by atoms with E-state index in [2.05, 4.69) is 53.0 Å². The standard InChI is InChI=1S/C20H28N4O/c1-3-7-17(12-15-8-5-4-6-9-15)22-18-10-11-19(25)23-20(18)16-13-21-24(2)14-16/h4-6,8-9,13-14,17-18,20,22H,3,7,10-12H2,1-2H3,(H,23,25)/t17-,18+,20-/m0/s1. The molecule has 1 saturated heterocycles. The molecule has 5 heteroatoms. The van der Waals surface area contributed by atoms with Gasteiger partial charge in [-0.05, 0) is 24.8 Å². The zero-order valence-electron chi connectivity index (χ0n) is 15.1. The van der Waals surface area contributed by atoms with Crippen LogP contribution in [0.2, 0.25) is 0 Å². The first-order valence-electron chi connectivity index (χ1n) is 9.23. The Morgan fingerprint density at radius 2 is 2.16 bits per heavy atom. The average Bonchev–Trinajstić information content (AvgIpc) is 3.04. The van der Waals surface area contributed by atoms with Crippen LogP contribution in [-0.2, 0) is 18.3 Å². The van der Waals surface area contributed by atoms with E-state index in [9.17, 15) is 4.79 Å². The molecule has 1 aliphatic rings. The van der Waals surface area contributed by atoms with E-state index in [0.717, 1.165) is 31.2 Å². The molecule has 0 aliphatic carbocycles. The highest BCUT2D eigenvalue weighted by Gasteiger charge is 2.31. The van der Waals surface area contributed by atoms with Crippen LogP contribution in [0.5, 0.6) is 0 Å². The highest BCUT2D eigenvalue weighted by molar-refractivity contribution is 5.77. The normalized spacial score (nSPS) is 21.8. The van der Waals surface area contributed by atoms with E-state index in [1.54, 1.807) is 4.68 Å². The van der Waals surface area contributed by atoms with Gasteiger partial charge in [-0.2, -0.15) is 5.10 Å². The van der Waals surface area contributed by atoms with Crippen molar-refractivity contribution in [3.63, 3.8) is 0 Å². The van der Waals surface area contributed by atoms with Gasteiger partial charge in [-0.15, -0.1) is 0 Å². The summed E-state index contributed by atoms with van der Waals surface area (Å²) in [5, 5.41) is 11.3. The van der Waals surface area contributed by atoms with Gasteiger partial charge in [0.1, 0.15) is 0 Å². The molecule has 3 atom stereocenters. The minimum atomic E-state index is -0.00919. The van der Waals surface area contributed by atoms with Crippen molar-refractivity contribution >= 4 is 5.91 Å². The highest BCUT2D eigenvalue weighted by Crippen LogP contribution is 2.25.